The highest BCUT2D eigenvalue weighted by Crippen LogP contribution is 2.27. The molecule has 0 aliphatic rings. The van der Waals surface area contributed by atoms with Gasteiger partial charge >= 0.3 is 0 Å². The van der Waals surface area contributed by atoms with Crippen molar-refractivity contribution in [2.45, 2.75) is 12.5 Å². The smallest absolute Gasteiger partial charge is 0.121 e. The van der Waals surface area contributed by atoms with E-state index < -0.39 is 0 Å². The van der Waals surface area contributed by atoms with Crippen molar-refractivity contribution in [1.29, 1.82) is 0 Å². The molecular formula is C9H14BrClN2O. The van der Waals surface area contributed by atoms with E-state index in [1.54, 1.807) is 12.1 Å². The van der Waals surface area contributed by atoms with Crippen LogP contribution in [0.3, 0.4) is 0 Å². The van der Waals surface area contributed by atoms with Crippen LogP contribution < -0.4 is 11.5 Å². The van der Waals surface area contributed by atoms with E-state index in [4.69, 9.17) is 11.5 Å². The molecule has 0 aromatic heterocycles. The maximum atomic E-state index is 9.54. The first-order valence-electron chi connectivity index (χ1n) is 4.09. The van der Waals surface area contributed by atoms with E-state index in [9.17, 15) is 5.11 Å². The minimum absolute atomic E-state index is 0. The zero-order chi connectivity index (χ0) is 9.84. The second-order valence-electron chi connectivity index (χ2n) is 2.89. The lowest BCUT2D eigenvalue weighted by Crippen LogP contribution is -2.15. The molecule has 0 aliphatic heterocycles. The van der Waals surface area contributed by atoms with E-state index in [-0.39, 0.29) is 24.2 Å². The maximum Gasteiger partial charge on any atom is 0.121 e. The summed E-state index contributed by atoms with van der Waals surface area (Å²) < 4.78 is 0.841. The number of rotatable bonds is 3. The van der Waals surface area contributed by atoms with Crippen molar-refractivity contribution in [1.82, 2.24) is 0 Å². The van der Waals surface area contributed by atoms with E-state index in [1.165, 1.54) is 0 Å². The van der Waals surface area contributed by atoms with Crippen molar-refractivity contribution in [3.8, 4) is 5.75 Å². The number of hydrogen-bond donors (Lipinski definition) is 3. The van der Waals surface area contributed by atoms with E-state index in [0.717, 1.165) is 10.0 Å². The van der Waals surface area contributed by atoms with Crippen molar-refractivity contribution in [2.75, 3.05) is 6.54 Å². The number of phenolic OH excluding ortho intramolecular Hbond substituents is 1. The molecule has 0 spiro atoms. The number of aromatic hydroxyl groups is 1. The van der Waals surface area contributed by atoms with Crippen LogP contribution in [0.15, 0.2) is 22.7 Å². The molecule has 1 aromatic rings. The van der Waals surface area contributed by atoms with Crippen LogP contribution in [0.1, 0.15) is 18.0 Å². The first kappa shape index (κ1) is 13.7. The predicted octanol–water partition coefficient (Wildman–Crippen LogP) is 1.93. The maximum absolute atomic E-state index is 9.54. The number of nitrogens with two attached hydrogens (primary N) is 2. The molecule has 0 fully saturated rings. The Balaban J connectivity index is 0.00000169. The Bertz CT molecular complexity index is 296. The first-order chi connectivity index (χ1) is 6.15. The topological polar surface area (TPSA) is 72.3 Å². The average molecular weight is 282 g/mol. The second-order valence-corrected chi connectivity index (χ2v) is 3.80. The highest BCUT2D eigenvalue weighted by Gasteiger charge is 2.09. The van der Waals surface area contributed by atoms with Crippen molar-refractivity contribution >= 4 is 28.3 Å². The Morgan fingerprint density at radius 3 is 2.57 bits per heavy atom. The number of benzene rings is 1. The normalized spacial score (nSPS) is 11.9. The van der Waals surface area contributed by atoms with Gasteiger partial charge in [-0.25, -0.2) is 0 Å². The lowest BCUT2D eigenvalue weighted by molar-refractivity contribution is 0.459. The average Bonchev–Trinajstić information content (AvgIpc) is 2.04. The van der Waals surface area contributed by atoms with Crippen LogP contribution in [0.2, 0.25) is 0 Å². The fraction of sp³-hybridized carbons (Fsp3) is 0.333. The van der Waals surface area contributed by atoms with Crippen molar-refractivity contribution < 1.29 is 5.11 Å². The highest BCUT2D eigenvalue weighted by molar-refractivity contribution is 9.10. The standard InChI is InChI=1S/C9H13BrN2O.ClH/c10-6-1-2-7(9(13)5-6)8(12)3-4-11;/h1-2,5,8,13H,3-4,11-12H2;1H/t8-;/m0./s1. The van der Waals surface area contributed by atoms with Gasteiger partial charge in [0, 0.05) is 16.1 Å². The molecule has 0 heterocycles. The van der Waals surface area contributed by atoms with Crippen LogP contribution in [0.5, 0.6) is 5.75 Å². The van der Waals surface area contributed by atoms with Gasteiger partial charge in [0.15, 0.2) is 0 Å². The molecule has 0 amide bonds. The van der Waals surface area contributed by atoms with Gasteiger partial charge in [0.1, 0.15) is 5.75 Å². The molecule has 1 atom stereocenters. The monoisotopic (exact) mass is 280 g/mol. The van der Waals surface area contributed by atoms with Gasteiger partial charge in [-0.05, 0) is 25.1 Å². The molecule has 0 unspecified atom stereocenters. The molecule has 1 rings (SSSR count). The zero-order valence-electron chi connectivity index (χ0n) is 7.61. The molecule has 5 heteroatoms. The zero-order valence-corrected chi connectivity index (χ0v) is 10.0. The molecule has 3 nitrogen and oxygen atoms in total. The summed E-state index contributed by atoms with van der Waals surface area (Å²) in [5, 5.41) is 9.54. The van der Waals surface area contributed by atoms with Gasteiger partial charge in [-0.1, -0.05) is 22.0 Å². The lowest BCUT2D eigenvalue weighted by atomic mass is 10.0. The molecule has 0 aliphatic carbocycles. The Hall–Kier alpha value is -0.290. The van der Waals surface area contributed by atoms with Gasteiger partial charge in [0.05, 0.1) is 0 Å². The minimum Gasteiger partial charge on any atom is -0.508 e. The van der Waals surface area contributed by atoms with Crippen LogP contribution in [0, 0.1) is 0 Å². The number of halogens is 2. The van der Waals surface area contributed by atoms with E-state index in [2.05, 4.69) is 15.9 Å². The molecule has 80 valence electrons. The minimum atomic E-state index is -0.182. The largest absolute Gasteiger partial charge is 0.508 e. The van der Waals surface area contributed by atoms with E-state index in [0.29, 0.717) is 13.0 Å². The van der Waals surface area contributed by atoms with Crippen molar-refractivity contribution in [3.63, 3.8) is 0 Å². The van der Waals surface area contributed by atoms with Crippen molar-refractivity contribution in [3.05, 3.63) is 28.2 Å². The Kier molecular flexibility index (Phi) is 6.11. The van der Waals surface area contributed by atoms with E-state index in [1.807, 2.05) is 6.07 Å². The van der Waals surface area contributed by atoms with Gasteiger partial charge in [-0.15, -0.1) is 12.4 Å². The third kappa shape index (κ3) is 3.46. The van der Waals surface area contributed by atoms with Gasteiger partial charge < -0.3 is 16.6 Å². The molecule has 1 aromatic carbocycles. The molecule has 14 heavy (non-hydrogen) atoms. The molecule has 0 saturated carbocycles. The quantitative estimate of drug-likeness (QED) is 0.792. The summed E-state index contributed by atoms with van der Waals surface area (Å²) in [6.07, 6.45) is 0.676. The third-order valence-electron chi connectivity index (χ3n) is 1.87. The summed E-state index contributed by atoms with van der Waals surface area (Å²) in [5.41, 5.74) is 11.9. The first-order valence-corrected chi connectivity index (χ1v) is 4.88. The Morgan fingerprint density at radius 2 is 2.07 bits per heavy atom. The summed E-state index contributed by atoms with van der Waals surface area (Å²) in [6.45, 7) is 0.524. The van der Waals surface area contributed by atoms with Crippen LogP contribution in [-0.4, -0.2) is 11.7 Å². The lowest BCUT2D eigenvalue weighted by Gasteiger charge is -2.12. The van der Waals surface area contributed by atoms with Gasteiger partial charge in [-0.2, -0.15) is 0 Å². The summed E-state index contributed by atoms with van der Waals surface area (Å²) >= 11 is 3.26. The summed E-state index contributed by atoms with van der Waals surface area (Å²) in [5.74, 6) is 0.218. The van der Waals surface area contributed by atoms with Gasteiger partial charge in [-0.3, -0.25) is 0 Å². The van der Waals surface area contributed by atoms with Crippen LogP contribution >= 0.6 is 28.3 Å². The second kappa shape index (κ2) is 6.24. The molecule has 5 N–H and O–H groups in total. The highest BCUT2D eigenvalue weighted by atomic mass is 79.9. The molecule has 0 bridgehead atoms. The molecule has 0 saturated heterocycles. The van der Waals surface area contributed by atoms with Crippen molar-refractivity contribution in [2.24, 2.45) is 11.5 Å². The van der Waals surface area contributed by atoms with Gasteiger partial charge in [0.25, 0.3) is 0 Å². The number of hydrogen-bond acceptors (Lipinski definition) is 3. The third-order valence-corrected chi connectivity index (χ3v) is 2.36. The van der Waals surface area contributed by atoms with E-state index >= 15 is 0 Å². The summed E-state index contributed by atoms with van der Waals surface area (Å²) in [4.78, 5) is 0. The Labute approximate surface area is 98.0 Å². The predicted molar refractivity (Wildman–Crippen MR) is 63.7 cm³/mol. The number of phenols is 1. The summed E-state index contributed by atoms with van der Waals surface area (Å²) in [6, 6.07) is 5.11. The SMILES string of the molecule is Cl.NCC[C@H](N)c1ccc(Br)cc1O. The van der Waals surface area contributed by atoms with Crippen LogP contribution in [-0.2, 0) is 0 Å². The fourth-order valence-corrected chi connectivity index (χ4v) is 1.51. The van der Waals surface area contributed by atoms with Crippen LogP contribution in [0.25, 0.3) is 0 Å². The fourth-order valence-electron chi connectivity index (χ4n) is 1.17. The summed E-state index contributed by atoms with van der Waals surface area (Å²) in [7, 11) is 0. The molecule has 0 radical (unpaired) electrons. The van der Waals surface area contributed by atoms with Crippen LogP contribution in [0.4, 0.5) is 0 Å². The Morgan fingerprint density at radius 1 is 1.43 bits per heavy atom. The molecular weight excluding hydrogens is 267 g/mol. The van der Waals surface area contributed by atoms with Gasteiger partial charge in [0.2, 0.25) is 0 Å².